The molecule has 2 aliphatic heterocycles. The zero-order valence-corrected chi connectivity index (χ0v) is 14.8. The molecule has 1 atom stereocenters. The van der Waals surface area contributed by atoms with Crippen LogP contribution in [0.4, 0.5) is 5.69 Å². The van der Waals surface area contributed by atoms with Gasteiger partial charge in [0.25, 0.3) is 5.91 Å². The summed E-state index contributed by atoms with van der Waals surface area (Å²) in [6.07, 6.45) is -0.110. The number of nitrogens with one attached hydrogen (secondary N) is 1. The zero-order valence-electron chi connectivity index (χ0n) is 14.0. The van der Waals surface area contributed by atoms with E-state index in [0.717, 1.165) is 0 Å². The van der Waals surface area contributed by atoms with Crippen LogP contribution in [0.5, 0.6) is 5.75 Å². The number of hydrogen-bond acceptors (Lipinski definition) is 5. The van der Waals surface area contributed by atoms with Crippen LogP contribution in [-0.2, 0) is 19.6 Å². The number of anilines is 1. The Balaban J connectivity index is 1.90. The number of nitrogens with zero attached hydrogens (tertiary/aromatic N) is 1. The number of piperidine rings is 1. The average molecular weight is 368 g/mol. The summed E-state index contributed by atoms with van der Waals surface area (Å²) in [6.45, 7) is 3.58. The van der Waals surface area contributed by atoms with Gasteiger partial charge < -0.3 is 15.2 Å². The van der Waals surface area contributed by atoms with Crippen molar-refractivity contribution in [2.75, 3.05) is 18.4 Å². The summed E-state index contributed by atoms with van der Waals surface area (Å²) in [5.41, 5.74) is 0.946. The predicted octanol–water partition coefficient (Wildman–Crippen LogP) is 1.20. The third-order valence-corrected chi connectivity index (χ3v) is 6.67. The summed E-state index contributed by atoms with van der Waals surface area (Å²) in [5, 5.41) is 11.7. The first-order valence-corrected chi connectivity index (χ1v) is 9.49. The van der Waals surface area contributed by atoms with Crippen molar-refractivity contribution < 1.29 is 27.9 Å². The molecule has 0 radical (unpaired) electrons. The fraction of sp³-hybridized carbons (Fsp3) is 0.500. The van der Waals surface area contributed by atoms with Gasteiger partial charge in [-0.1, -0.05) is 0 Å². The Morgan fingerprint density at radius 3 is 2.56 bits per heavy atom. The number of aryl methyl sites for hydroxylation is 1. The molecule has 0 aliphatic carbocycles. The first-order valence-electron chi connectivity index (χ1n) is 8.05. The SMILES string of the molecule is Cc1cc2c(cc1S(=O)(=O)N1CCC(C(=O)O)CC1)O[C@H](C)C(=O)N2. The van der Waals surface area contributed by atoms with Gasteiger partial charge in [-0.2, -0.15) is 4.31 Å². The molecule has 2 N–H and O–H groups in total. The third-order valence-electron chi connectivity index (χ3n) is 4.63. The molecule has 3 rings (SSSR count). The fourth-order valence-electron chi connectivity index (χ4n) is 3.10. The minimum Gasteiger partial charge on any atom is -0.481 e. The Hall–Kier alpha value is -2.13. The molecule has 2 heterocycles. The maximum absolute atomic E-state index is 13.0. The standard InChI is InChI=1S/C16H20N2O6S/c1-9-7-12-13(24-10(2)15(19)17-12)8-14(9)25(22,23)18-5-3-11(4-6-18)16(20)21/h7-8,10-11H,3-6H2,1-2H3,(H,17,19)(H,20,21)/t10-/m1/s1. The van der Waals surface area contributed by atoms with E-state index in [4.69, 9.17) is 9.84 Å². The van der Waals surface area contributed by atoms with Crippen LogP contribution in [0.15, 0.2) is 17.0 Å². The highest BCUT2D eigenvalue weighted by Gasteiger charge is 2.34. The third kappa shape index (κ3) is 3.21. The molecule has 1 aromatic carbocycles. The summed E-state index contributed by atoms with van der Waals surface area (Å²) >= 11 is 0. The average Bonchev–Trinajstić information content (AvgIpc) is 2.56. The summed E-state index contributed by atoms with van der Waals surface area (Å²) in [5.74, 6) is -1.36. The van der Waals surface area contributed by atoms with Crippen molar-refractivity contribution in [2.45, 2.75) is 37.7 Å². The van der Waals surface area contributed by atoms with Gasteiger partial charge in [-0.25, -0.2) is 8.42 Å². The number of fused-ring (bicyclic) bond motifs is 1. The van der Waals surface area contributed by atoms with E-state index in [2.05, 4.69) is 5.32 Å². The summed E-state index contributed by atoms with van der Waals surface area (Å²) < 4.78 is 32.7. The lowest BCUT2D eigenvalue weighted by Crippen LogP contribution is -2.40. The van der Waals surface area contributed by atoms with Gasteiger partial charge in [-0.15, -0.1) is 0 Å². The minimum absolute atomic E-state index is 0.114. The van der Waals surface area contributed by atoms with Crippen molar-refractivity contribution in [3.05, 3.63) is 17.7 Å². The number of hydrogen-bond donors (Lipinski definition) is 2. The molecule has 9 heteroatoms. The van der Waals surface area contributed by atoms with Crippen molar-refractivity contribution in [2.24, 2.45) is 5.92 Å². The van der Waals surface area contributed by atoms with Crippen molar-refractivity contribution in [3.63, 3.8) is 0 Å². The van der Waals surface area contributed by atoms with Crippen molar-refractivity contribution in [3.8, 4) is 5.75 Å². The van der Waals surface area contributed by atoms with Crippen LogP contribution < -0.4 is 10.1 Å². The summed E-state index contributed by atoms with van der Waals surface area (Å²) in [7, 11) is -3.76. The van der Waals surface area contributed by atoms with E-state index < -0.39 is 28.0 Å². The molecule has 8 nitrogen and oxygen atoms in total. The lowest BCUT2D eigenvalue weighted by Gasteiger charge is -2.30. The largest absolute Gasteiger partial charge is 0.481 e. The van der Waals surface area contributed by atoms with Gasteiger partial charge >= 0.3 is 5.97 Å². The molecular weight excluding hydrogens is 348 g/mol. The maximum Gasteiger partial charge on any atom is 0.306 e. The van der Waals surface area contributed by atoms with Crippen LogP contribution in [0.1, 0.15) is 25.3 Å². The molecule has 0 spiro atoms. The van der Waals surface area contributed by atoms with E-state index in [1.54, 1.807) is 19.9 Å². The Morgan fingerprint density at radius 1 is 1.32 bits per heavy atom. The highest BCUT2D eigenvalue weighted by Crippen LogP contribution is 2.36. The second-order valence-electron chi connectivity index (χ2n) is 6.38. The number of aliphatic carboxylic acids is 1. The number of carbonyl (C=O) groups excluding carboxylic acids is 1. The molecule has 0 bridgehead atoms. The fourth-order valence-corrected chi connectivity index (χ4v) is 4.79. The van der Waals surface area contributed by atoms with Crippen LogP contribution in [-0.4, -0.2) is 48.9 Å². The monoisotopic (exact) mass is 368 g/mol. The Morgan fingerprint density at radius 2 is 1.96 bits per heavy atom. The lowest BCUT2D eigenvalue weighted by molar-refractivity contribution is -0.143. The Bertz CT molecular complexity index is 827. The van der Waals surface area contributed by atoms with Gasteiger partial charge in [0.15, 0.2) is 6.10 Å². The molecule has 1 saturated heterocycles. The topological polar surface area (TPSA) is 113 Å². The first-order chi connectivity index (χ1) is 11.7. The normalized spacial score (nSPS) is 22.0. The highest BCUT2D eigenvalue weighted by molar-refractivity contribution is 7.89. The maximum atomic E-state index is 13.0. The van der Waals surface area contributed by atoms with Crippen LogP contribution in [0.3, 0.4) is 0 Å². The van der Waals surface area contributed by atoms with E-state index in [9.17, 15) is 18.0 Å². The summed E-state index contributed by atoms with van der Waals surface area (Å²) in [4.78, 5) is 22.8. The Labute approximate surface area is 145 Å². The predicted molar refractivity (Wildman–Crippen MR) is 89.0 cm³/mol. The number of amides is 1. The minimum atomic E-state index is -3.76. The zero-order chi connectivity index (χ0) is 18.4. The smallest absolute Gasteiger partial charge is 0.306 e. The number of carboxylic acids is 1. The van der Waals surface area contributed by atoms with Gasteiger partial charge in [0.05, 0.1) is 16.5 Å². The number of sulfonamides is 1. The van der Waals surface area contributed by atoms with Crippen molar-refractivity contribution in [1.82, 2.24) is 4.31 Å². The second kappa shape index (κ2) is 6.30. The number of carbonyl (C=O) groups is 2. The molecule has 2 aliphatic rings. The molecule has 1 amide bonds. The van der Waals surface area contributed by atoms with Crippen LogP contribution in [0, 0.1) is 12.8 Å². The van der Waals surface area contributed by atoms with Gasteiger partial charge in [-0.3, -0.25) is 9.59 Å². The number of carboxylic acid groups (broad SMARTS) is 1. The van der Waals surface area contributed by atoms with E-state index in [1.165, 1.54) is 10.4 Å². The van der Waals surface area contributed by atoms with E-state index >= 15 is 0 Å². The van der Waals surface area contributed by atoms with E-state index in [0.29, 0.717) is 29.8 Å². The second-order valence-corrected chi connectivity index (χ2v) is 8.29. The Kier molecular flexibility index (Phi) is 4.46. The van der Waals surface area contributed by atoms with Crippen LogP contribution in [0.2, 0.25) is 0 Å². The van der Waals surface area contributed by atoms with Gasteiger partial charge in [0.2, 0.25) is 10.0 Å². The highest BCUT2D eigenvalue weighted by atomic mass is 32.2. The van der Waals surface area contributed by atoms with Crippen molar-refractivity contribution in [1.29, 1.82) is 0 Å². The van der Waals surface area contributed by atoms with Crippen LogP contribution in [0.25, 0.3) is 0 Å². The number of rotatable bonds is 3. The van der Waals surface area contributed by atoms with E-state index in [-0.39, 0.29) is 23.9 Å². The van der Waals surface area contributed by atoms with Gasteiger partial charge in [0, 0.05) is 19.2 Å². The first kappa shape index (κ1) is 17.7. The van der Waals surface area contributed by atoms with Crippen LogP contribution >= 0.6 is 0 Å². The lowest BCUT2D eigenvalue weighted by atomic mass is 9.99. The molecular formula is C16H20N2O6S. The van der Waals surface area contributed by atoms with Gasteiger partial charge in [0.1, 0.15) is 5.75 Å². The molecule has 0 saturated carbocycles. The quantitative estimate of drug-likeness (QED) is 0.829. The molecule has 1 aromatic rings. The molecule has 25 heavy (non-hydrogen) atoms. The number of benzene rings is 1. The number of ether oxygens (including phenoxy) is 1. The van der Waals surface area contributed by atoms with Crippen molar-refractivity contribution >= 4 is 27.6 Å². The molecule has 136 valence electrons. The molecule has 0 unspecified atom stereocenters. The molecule has 0 aromatic heterocycles. The summed E-state index contributed by atoms with van der Waals surface area (Å²) in [6, 6.07) is 3.01. The molecule has 1 fully saturated rings. The van der Waals surface area contributed by atoms with E-state index in [1.807, 2.05) is 0 Å². The van der Waals surface area contributed by atoms with Gasteiger partial charge in [-0.05, 0) is 38.3 Å².